The molecule has 0 saturated heterocycles. The molecule has 154 valence electrons. The highest BCUT2D eigenvalue weighted by atomic mass is 32.2. The summed E-state index contributed by atoms with van der Waals surface area (Å²) in [6.45, 7) is 0. The van der Waals surface area contributed by atoms with Crippen LogP contribution < -0.4 is 10.0 Å². The molecule has 2 N–H and O–H groups in total. The maximum Gasteiger partial charge on any atom is 0.269 e. The predicted octanol–water partition coefficient (Wildman–Crippen LogP) is 3.93. The van der Waals surface area contributed by atoms with Crippen molar-refractivity contribution in [2.45, 2.75) is 4.90 Å². The summed E-state index contributed by atoms with van der Waals surface area (Å²) in [6, 6.07) is 12.2. The molecule has 0 spiro atoms. The van der Waals surface area contributed by atoms with Crippen LogP contribution in [0.25, 0.3) is 0 Å². The molecule has 3 aromatic rings. The highest BCUT2D eigenvalue weighted by Gasteiger charge is 2.20. The molecule has 8 nitrogen and oxygen atoms in total. The van der Waals surface area contributed by atoms with Gasteiger partial charge in [0.25, 0.3) is 21.6 Å². The van der Waals surface area contributed by atoms with Crippen molar-refractivity contribution in [2.75, 3.05) is 10.0 Å². The molecule has 0 heterocycles. The minimum Gasteiger partial charge on any atom is -0.322 e. The number of nitro groups is 1. The van der Waals surface area contributed by atoms with Gasteiger partial charge in [0.2, 0.25) is 0 Å². The van der Waals surface area contributed by atoms with Gasteiger partial charge in [-0.25, -0.2) is 17.2 Å². The first kappa shape index (κ1) is 20.9. The predicted molar refractivity (Wildman–Crippen MR) is 105 cm³/mol. The summed E-state index contributed by atoms with van der Waals surface area (Å²) in [5.74, 6) is -2.59. The van der Waals surface area contributed by atoms with Gasteiger partial charge in [0, 0.05) is 23.9 Å². The summed E-state index contributed by atoms with van der Waals surface area (Å²) in [5.41, 5.74) is -0.625. The van der Waals surface area contributed by atoms with E-state index in [-0.39, 0.29) is 27.5 Å². The summed E-state index contributed by atoms with van der Waals surface area (Å²) >= 11 is 0. The van der Waals surface area contributed by atoms with Gasteiger partial charge in [0.05, 0.1) is 21.1 Å². The Balaban J connectivity index is 1.87. The summed E-state index contributed by atoms with van der Waals surface area (Å²) in [5, 5.41) is 13.0. The summed E-state index contributed by atoms with van der Waals surface area (Å²) in [4.78, 5) is 22.3. The van der Waals surface area contributed by atoms with Crippen LogP contribution in [0, 0.1) is 21.7 Å². The van der Waals surface area contributed by atoms with Gasteiger partial charge in [-0.15, -0.1) is 0 Å². The van der Waals surface area contributed by atoms with E-state index < -0.39 is 32.5 Å². The second kappa shape index (κ2) is 8.25. The van der Waals surface area contributed by atoms with E-state index in [9.17, 15) is 32.1 Å². The Morgan fingerprint density at radius 3 is 2.13 bits per heavy atom. The minimum absolute atomic E-state index is 0.0924. The van der Waals surface area contributed by atoms with E-state index >= 15 is 0 Å². The first-order valence-corrected chi connectivity index (χ1v) is 9.78. The lowest BCUT2D eigenvalue weighted by Gasteiger charge is -2.13. The number of rotatable bonds is 6. The molecule has 0 aliphatic heterocycles. The average molecular weight is 433 g/mol. The normalized spacial score (nSPS) is 11.0. The first-order valence-electron chi connectivity index (χ1n) is 8.29. The van der Waals surface area contributed by atoms with Crippen LogP contribution in [0.3, 0.4) is 0 Å². The Morgan fingerprint density at radius 2 is 1.53 bits per heavy atom. The molecule has 0 saturated carbocycles. The summed E-state index contributed by atoms with van der Waals surface area (Å²) < 4.78 is 54.1. The molecule has 3 aromatic carbocycles. The van der Waals surface area contributed by atoms with Gasteiger partial charge in [-0.2, -0.15) is 0 Å². The number of amides is 1. The lowest BCUT2D eigenvalue weighted by molar-refractivity contribution is -0.384. The largest absolute Gasteiger partial charge is 0.322 e. The molecular formula is C19H13F2N3O5S. The zero-order chi connectivity index (χ0) is 21.9. The van der Waals surface area contributed by atoms with Gasteiger partial charge in [-0.05, 0) is 36.4 Å². The first-order chi connectivity index (χ1) is 14.2. The Labute approximate surface area is 169 Å². The Morgan fingerprint density at radius 1 is 0.933 bits per heavy atom. The van der Waals surface area contributed by atoms with Crippen LogP contribution in [-0.4, -0.2) is 19.2 Å². The van der Waals surface area contributed by atoms with Gasteiger partial charge in [0.15, 0.2) is 0 Å². The van der Waals surface area contributed by atoms with E-state index in [1.165, 1.54) is 24.3 Å². The molecule has 0 atom stereocenters. The fourth-order valence-corrected chi connectivity index (χ4v) is 3.62. The molecule has 0 aliphatic carbocycles. The fraction of sp³-hybridized carbons (Fsp3) is 0. The Kier molecular flexibility index (Phi) is 5.74. The molecule has 0 aliphatic rings. The van der Waals surface area contributed by atoms with Crippen molar-refractivity contribution in [2.24, 2.45) is 0 Å². The fourth-order valence-electron chi connectivity index (χ4n) is 2.55. The van der Waals surface area contributed by atoms with Crippen LogP contribution in [0.1, 0.15) is 10.4 Å². The number of nitro benzene ring substituents is 1. The molecular weight excluding hydrogens is 420 g/mol. The minimum atomic E-state index is -4.17. The van der Waals surface area contributed by atoms with Crippen molar-refractivity contribution < 1.29 is 26.9 Å². The SMILES string of the molecule is O=C(Nc1cc(F)cc(F)c1)c1ccccc1NS(=O)(=O)c1ccc([N+](=O)[O-])cc1. The van der Waals surface area contributed by atoms with Crippen LogP contribution in [0.2, 0.25) is 0 Å². The Hall–Kier alpha value is -3.86. The standard InChI is InChI=1S/C19H13F2N3O5S/c20-12-9-13(21)11-14(10-12)22-19(25)17-3-1-2-4-18(17)23-30(28,29)16-7-5-15(6-8-16)24(26)27/h1-11,23H,(H,22,25). The zero-order valence-corrected chi connectivity index (χ0v) is 15.8. The summed E-state index contributed by atoms with van der Waals surface area (Å²) in [7, 11) is -4.17. The number of carbonyl (C=O) groups is 1. The van der Waals surface area contributed by atoms with Gasteiger partial charge < -0.3 is 5.32 Å². The molecule has 0 radical (unpaired) electrons. The van der Waals surface area contributed by atoms with E-state index in [4.69, 9.17) is 0 Å². The highest BCUT2D eigenvalue weighted by molar-refractivity contribution is 7.92. The number of hydrogen-bond acceptors (Lipinski definition) is 5. The molecule has 0 aromatic heterocycles. The van der Waals surface area contributed by atoms with Crippen molar-refractivity contribution in [3.05, 3.63) is 94.0 Å². The number of halogens is 2. The Bertz CT molecular complexity index is 1210. The second-order valence-electron chi connectivity index (χ2n) is 6.01. The monoisotopic (exact) mass is 433 g/mol. The lowest BCUT2D eigenvalue weighted by Crippen LogP contribution is -2.18. The lowest BCUT2D eigenvalue weighted by atomic mass is 10.1. The van der Waals surface area contributed by atoms with Gasteiger partial charge in [0.1, 0.15) is 11.6 Å². The third-order valence-electron chi connectivity index (χ3n) is 3.89. The quantitative estimate of drug-likeness (QED) is 0.451. The maximum atomic E-state index is 13.3. The van der Waals surface area contributed by atoms with Gasteiger partial charge >= 0.3 is 0 Å². The number of nitrogens with zero attached hydrogens (tertiary/aromatic N) is 1. The van der Waals surface area contributed by atoms with E-state index in [1.807, 2.05) is 0 Å². The number of non-ortho nitro benzene ring substituents is 1. The molecule has 0 unspecified atom stereocenters. The van der Waals surface area contributed by atoms with Crippen LogP contribution in [0.4, 0.5) is 25.8 Å². The molecule has 30 heavy (non-hydrogen) atoms. The van der Waals surface area contributed by atoms with Gasteiger partial charge in [-0.1, -0.05) is 12.1 Å². The smallest absolute Gasteiger partial charge is 0.269 e. The zero-order valence-electron chi connectivity index (χ0n) is 15.0. The van der Waals surface area contributed by atoms with Crippen LogP contribution in [0.5, 0.6) is 0 Å². The number of carbonyl (C=O) groups excluding carboxylic acids is 1. The number of benzene rings is 3. The van der Waals surface area contributed by atoms with E-state index in [2.05, 4.69) is 10.0 Å². The highest BCUT2D eigenvalue weighted by Crippen LogP contribution is 2.23. The van der Waals surface area contributed by atoms with Gasteiger partial charge in [-0.3, -0.25) is 19.6 Å². The number of sulfonamides is 1. The van der Waals surface area contributed by atoms with Crippen LogP contribution in [-0.2, 0) is 10.0 Å². The number of nitrogens with one attached hydrogen (secondary N) is 2. The molecule has 11 heteroatoms. The molecule has 0 bridgehead atoms. The third-order valence-corrected chi connectivity index (χ3v) is 5.28. The maximum absolute atomic E-state index is 13.3. The summed E-state index contributed by atoms with van der Waals surface area (Å²) in [6.07, 6.45) is 0. The van der Waals surface area contributed by atoms with Crippen molar-refractivity contribution >= 4 is 33.0 Å². The van der Waals surface area contributed by atoms with E-state index in [1.54, 1.807) is 0 Å². The average Bonchev–Trinajstić information content (AvgIpc) is 2.67. The van der Waals surface area contributed by atoms with Crippen LogP contribution in [0.15, 0.2) is 71.6 Å². The van der Waals surface area contributed by atoms with Crippen molar-refractivity contribution in [3.63, 3.8) is 0 Å². The second-order valence-corrected chi connectivity index (χ2v) is 7.70. The van der Waals surface area contributed by atoms with E-state index in [0.717, 1.165) is 36.4 Å². The number of anilines is 2. The van der Waals surface area contributed by atoms with Crippen molar-refractivity contribution in [1.82, 2.24) is 0 Å². The van der Waals surface area contributed by atoms with E-state index in [0.29, 0.717) is 6.07 Å². The van der Waals surface area contributed by atoms with Crippen molar-refractivity contribution in [1.29, 1.82) is 0 Å². The molecule has 1 amide bonds. The number of hydrogen-bond donors (Lipinski definition) is 2. The van der Waals surface area contributed by atoms with Crippen molar-refractivity contribution in [3.8, 4) is 0 Å². The third kappa shape index (κ3) is 4.75. The molecule has 3 rings (SSSR count). The molecule has 0 fully saturated rings. The topological polar surface area (TPSA) is 118 Å². The number of para-hydroxylation sites is 1. The van der Waals surface area contributed by atoms with Crippen LogP contribution >= 0.6 is 0 Å².